The summed E-state index contributed by atoms with van der Waals surface area (Å²) in [6.07, 6.45) is 4.29. The van der Waals surface area contributed by atoms with E-state index in [4.69, 9.17) is 11.6 Å². The van der Waals surface area contributed by atoms with Crippen molar-refractivity contribution >= 4 is 50.2 Å². The minimum atomic E-state index is -0.225. The molecule has 0 saturated carbocycles. The second-order valence-electron chi connectivity index (χ2n) is 7.54. The number of benzene rings is 2. The Balaban J connectivity index is 1.38. The van der Waals surface area contributed by atoms with Crippen molar-refractivity contribution in [1.29, 1.82) is 0 Å². The molecule has 0 radical (unpaired) electrons. The van der Waals surface area contributed by atoms with Crippen molar-refractivity contribution in [1.82, 2.24) is 24.6 Å². The quantitative estimate of drug-likeness (QED) is 0.445. The van der Waals surface area contributed by atoms with Crippen molar-refractivity contribution in [3.63, 3.8) is 0 Å². The summed E-state index contributed by atoms with van der Waals surface area (Å²) in [4.78, 5) is 28.7. The van der Waals surface area contributed by atoms with Crippen LogP contribution in [0.4, 0.5) is 0 Å². The van der Waals surface area contributed by atoms with Gasteiger partial charge in [-0.25, -0.2) is 4.68 Å². The minimum absolute atomic E-state index is 0.0585. The van der Waals surface area contributed by atoms with Gasteiger partial charge in [-0.1, -0.05) is 29.8 Å². The average Bonchev–Trinajstić information content (AvgIpc) is 3.30. The zero-order chi connectivity index (χ0) is 21.5. The molecule has 3 aromatic heterocycles. The molecular formula is C23H20ClN5O2. The van der Waals surface area contributed by atoms with Crippen LogP contribution in [0, 0.1) is 0 Å². The predicted molar refractivity (Wildman–Crippen MR) is 123 cm³/mol. The number of para-hydroxylation sites is 1. The number of H-pyrrole nitrogens is 1. The van der Waals surface area contributed by atoms with Crippen LogP contribution in [0.2, 0.25) is 5.02 Å². The molecule has 2 aromatic carbocycles. The minimum Gasteiger partial charge on any atom is -0.361 e. The highest BCUT2D eigenvalue weighted by molar-refractivity contribution is 6.31. The largest absolute Gasteiger partial charge is 0.361 e. The standard InChI is InChI=1S/C23H20ClN5O2/c1-28-23(31)22-18(12-27-28)16-4-2-3-5-20(16)29(22)13-21(30)25-9-8-14-11-26-19-7-6-15(24)10-17(14)19/h2-7,10-12,26H,8-9,13H2,1H3,(H,25,30). The Morgan fingerprint density at radius 1 is 1.16 bits per heavy atom. The van der Waals surface area contributed by atoms with Crippen molar-refractivity contribution in [2.24, 2.45) is 7.05 Å². The number of nitrogens with zero attached hydrogens (tertiary/aromatic N) is 3. The van der Waals surface area contributed by atoms with Gasteiger partial charge in [-0.15, -0.1) is 0 Å². The molecule has 0 spiro atoms. The van der Waals surface area contributed by atoms with E-state index in [2.05, 4.69) is 15.4 Å². The predicted octanol–water partition coefficient (Wildman–Crippen LogP) is 3.38. The SMILES string of the molecule is Cn1ncc2c3ccccc3n(CC(=O)NCCc3c[nH]c4ccc(Cl)cc34)c2c1=O. The molecule has 0 unspecified atom stereocenters. The average molecular weight is 434 g/mol. The van der Waals surface area contributed by atoms with Crippen molar-refractivity contribution in [3.05, 3.63) is 75.8 Å². The highest BCUT2D eigenvalue weighted by atomic mass is 35.5. The number of halogens is 1. The van der Waals surface area contributed by atoms with Crippen LogP contribution in [-0.2, 0) is 24.8 Å². The molecule has 0 atom stereocenters. The number of amides is 1. The van der Waals surface area contributed by atoms with E-state index < -0.39 is 0 Å². The van der Waals surface area contributed by atoms with Crippen LogP contribution in [0.1, 0.15) is 5.56 Å². The number of aromatic nitrogens is 4. The molecule has 0 bridgehead atoms. The van der Waals surface area contributed by atoms with Gasteiger partial charge in [0.25, 0.3) is 5.56 Å². The zero-order valence-electron chi connectivity index (χ0n) is 16.9. The molecular weight excluding hydrogens is 414 g/mol. The number of hydrogen-bond donors (Lipinski definition) is 2. The summed E-state index contributed by atoms with van der Waals surface area (Å²) in [5.41, 5.74) is 3.20. The lowest BCUT2D eigenvalue weighted by Gasteiger charge is -2.09. The molecule has 0 aliphatic heterocycles. The Morgan fingerprint density at radius 2 is 2.00 bits per heavy atom. The number of nitrogens with one attached hydrogen (secondary N) is 2. The lowest BCUT2D eigenvalue weighted by Crippen LogP contribution is -2.30. The lowest BCUT2D eigenvalue weighted by atomic mass is 10.1. The number of aromatic amines is 1. The molecule has 2 N–H and O–H groups in total. The van der Waals surface area contributed by atoms with Crippen LogP contribution in [0.3, 0.4) is 0 Å². The van der Waals surface area contributed by atoms with Crippen LogP contribution in [0.25, 0.3) is 32.7 Å². The fourth-order valence-corrected chi connectivity index (χ4v) is 4.27. The number of aryl methyl sites for hydroxylation is 1. The number of hydrogen-bond acceptors (Lipinski definition) is 3. The van der Waals surface area contributed by atoms with Crippen LogP contribution in [0.5, 0.6) is 0 Å². The van der Waals surface area contributed by atoms with E-state index in [-0.39, 0.29) is 18.0 Å². The first kappa shape index (κ1) is 19.4. The van der Waals surface area contributed by atoms with Gasteiger partial charge in [0.15, 0.2) is 0 Å². The molecule has 1 amide bonds. The Bertz CT molecular complexity index is 1510. The summed E-state index contributed by atoms with van der Waals surface area (Å²) >= 11 is 6.11. The molecule has 8 heteroatoms. The number of rotatable bonds is 5. The van der Waals surface area contributed by atoms with Gasteiger partial charge in [0, 0.05) is 52.0 Å². The maximum atomic E-state index is 12.8. The second-order valence-corrected chi connectivity index (χ2v) is 7.98. The van der Waals surface area contributed by atoms with Crippen LogP contribution in [-0.4, -0.2) is 31.8 Å². The Morgan fingerprint density at radius 3 is 2.87 bits per heavy atom. The highest BCUT2D eigenvalue weighted by Crippen LogP contribution is 2.26. The smallest absolute Gasteiger partial charge is 0.291 e. The number of fused-ring (bicyclic) bond motifs is 4. The summed E-state index contributed by atoms with van der Waals surface area (Å²) in [5.74, 6) is -0.153. The molecule has 5 rings (SSSR count). The van der Waals surface area contributed by atoms with Gasteiger partial charge in [0.1, 0.15) is 12.1 Å². The number of carbonyl (C=O) groups is 1. The lowest BCUT2D eigenvalue weighted by molar-refractivity contribution is -0.121. The molecule has 0 fully saturated rings. The van der Waals surface area contributed by atoms with Crippen molar-refractivity contribution < 1.29 is 4.79 Å². The molecule has 5 aromatic rings. The van der Waals surface area contributed by atoms with Crippen LogP contribution >= 0.6 is 11.6 Å². The molecule has 3 heterocycles. The third-order valence-electron chi connectivity index (χ3n) is 5.61. The van der Waals surface area contributed by atoms with Crippen LogP contribution in [0.15, 0.2) is 59.7 Å². The van der Waals surface area contributed by atoms with Gasteiger partial charge >= 0.3 is 0 Å². The monoisotopic (exact) mass is 433 g/mol. The third kappa shape index (κ3) is 3.37. The second kappa shape index (κ2) is 7.59. The number of carbonyl (C=O) groups excluding carboxylic acids is 1. The third-order valence-corrected chi connectivity index (χ3v) is 5.85. The fraction of sp³-hybridized carbons (Fsp3) is 0.174. The van der Waals surface area contributed by atoms with Crippen LogP contribution < -0.4 is 10.9 Å². The Hall–Kier alpha value is -3.58. The topological polar surface area (TPSA) is 84.7 Å². The first-order valence-corrected chi connectivity index (χ1v) is 10.4. The van der Waals surface area contributed by atoms with E-state index >= 15 is 0 Å². The summed E-state index contributed by atoms with van der Waals surface area (Å²) in [5, 5.41) is 10.5. The van der Waals surface area contributed by atoms with E-state index in [9.17, 15) is 9.59 Å². The summed E-state index contributed by atoms with van der Waals surface area (Å²) in [6, 6.07) is 13.4. The molecule has 0 saturated heterocycles. The maximum Gasteiger partial charge on any atom is 0.291 e. The van der Waals surface area contributed by atoms with Crippen molar-refractivity contribution in [2.75, 3.05) is 6.54 Å². The van der Waals surface area contributed by atoms with E-state index in [0.717, 1.165) is 32.8 Å². The normalized spacial score (nSPS) is 11.5. The summed E-state index contributed by atoms with van der Waals surface area (Å²) in [7, 11) is 1.61. The summed E-state index contributed by atoms with van der Waals surface area (Å²) in [6.45, 7) is 0.540. The first-order chi connectivity index (χ1) is 15.0. The molecule has 7 nitrogen and oxygen atoms in total. The van der Waals surface area contributed by atoms with Gasteiger partial charge in [-0.2, -0.15) is 5.10 Å². The van der Waals surface area contributed by atoms with Crippen molar-refractivity contribution in [3.8, 4) is 0 Å². The molecule has 31 heavy (non-hydrogen) atoms. The molecule has 0 aliphatic carbocycles. The van der Waals surface area contributed by atoms with E-state index in [1.165, 1.54) is 4.68 Å². The Labute approximate surface area is 182 Å². The van der Waals surface area contributed by atoms with Crippen molar-refractivity contribution in [2.45, 2.75) is 13.0 Å². The van der Waals surface area contributed by atoms with Gasteiger partial charge < -0.3 is 14.9 Å². The van der Waals surface area contributed by atoms with E-state index in [1.54, 1.807) is 17.8 Å². The fourth-order valence-electron chi connectivity index (χ4n) is 4.10. The summed E-state index contributed by atoms with van der Waals surface area (Å²) < 4.78 is 3.06. The highest BCUT2D eigenvalue weighted by Gasteiger charge is 2.17. The van der Waals surface area contributed by atoms with Gasteiger partial charge in [0.05, 0.1) is 6.20 Å². The Kier molecular flexibility index (Phi) is 4.75. The zero-order valence-corrected chi connectivity index (χ0v) is 17.6. The van der Waals surface area contributed by atoms with Gasteiger partial charge in [-0.05, 0) is 36.2 Å². The van der Waals surface area contributed by atoms with Gasteiger partial charge in [-0.3, -0.25) is 9.59 Å². The molecule has 0 aliphatic rings. The molecule has 156 valence electrons. The first-order valence-electron chi connectivity index (χ1n) is 9.98. The maximum absolute atomic E-state index is 12.8. The van der Waals surface area contributed by atoms with Gasteiger partial charge in [0.2, 0.25) is 5.91 Å². The van der Waals surface area contributed by atoms with E-state index in [1.807, 2.05) is 48.7 Å². The van der Waals surface area contributed by atoms with E-state index in [0.29, 0.717) is 23.5 Å².